The van der Waals surface area contributed by atoms with Gasteiger partial charge in [-0.15, -0.1) is 0 Å². The molecule has 37 heavy (non-hydrogen) atoms. The van der Waals surface area contributed by atoms with E-state index in [2.05, 4.69) is 15.4 Å². The Kier molecular flexibility index (Phi) is 11.6. The smallest absolute Gasteiger partial charge is 0.242 e. The van der Waals surface area contributed by atoms with Crippen LogP contribution >= 0.6 is 11.8 Å². The third-order valence-corrected chi connectivity index (χ3v) is 7.46. The minimum absolute atomic E-state index is 0.0578. The molecule has 0 aliphatic rings. The highest BCUT2D eigenvalue weighted by molar-refractivity contribution is 7.98. The van der Waals surface area contributed by atoms with Crippen molar-refractivity contribution in [2.75, 3.05) is 12.0 Å². The number of nitrogens with one attached hydrogen (secondary N) is 4. The van der Waals surface area contributed by atoms with E-state index in [4.69, 9.17) is 11.1 Å². The van der Waals surface area contributed by atoms with E-state index in [1.165, 1.54) is 18.7 Å². The van der Waals surface area contributed by atoms with Gasteiger partial charge in [-0.05, 0) is 43.4 Å². The molecular formula is C25H35N5O5S2. The van der Waals surface area contributed by atoms with Crippen molar-refractivity contribution < 1.29 is 23.1 Å². The molecule has 2 aromatic carbocycles. The summed E-state index contributed by atoms with van der Waals surface area (Å²) in [6, 6.07) is 11.4. The molecule has 0 aromatic heterocycles. The normalized spacial score (nSPS) is 13.8. The van der Waals surface area contributed by atoms with Gasteiger partial charge in [-0.1, -0.05) is 54.1 Å². The number of sulfonamides is 1. The highest BCUT2D eigenvalue weighted by atomic mass is 32.2. The number of aliphatic hydroxyl groups is 1. The molecule has 1 unspecified atom stereocenters. The lowest BCUT2D eigenvalue weighted by Gasteiger charge is -2.24. The molecule has 0 spiro atoms. The molecule has 0 fully saturated rings. The van der Waals surface area contributed by atoms with Gasteiger partial charge >= 0.3 is 0 Å². The zero-order valence-corrected chi connectivity index (χ0v) is 22.8. The molecule has 0 saturated carbocycles. The first-order valence-corrected chi connectivity index (χ1v) is 14.7. The van der Waals surface area contributed by atoms with Gasteiger partial charge in [0.1, 0.15) is 17.9 Å². The fourth-order valence-corrected chi connectivity index (χ4v) is 5.37. The van der Waals surface area contributed by atoms with Gasteiger partial charge < -0.3 is 21.5 Å². The van der Waals surface area contributed by atoms with Gasteiger partial charge in [0.25, 0.3) is 0 Å². The molecule has 0 aliphatic heterocycles. The van der Waals surface area contributed by atoms with Crippen molar-refractivity contribution >= 4 is 39.4 Å². The first-order valence-electron chi connectivity index (χ1n) is 11.7. The van der Waals surface area contributed by atoms with Crippen molar-refractivity contribution in [1.29, 1.82) is 5.41 Å². The third-order valence-electron chi connectivity index (χ3n) is 5.49. The number of nitrogen functional groups attached to an aromatic ring is 1. The Hall–Kier alpha value is -2.93. The number of nitrogens with two attached hydrogens (primary N) is 1. The molecule has 202 valence electrons. The molecule has 10 nitrogen and oxygen atoms in total. The molecule has 2 aromatic rings. The van der Waals surface area contributed by atoms with E-state index < -0.39 is 40.0 Å². The van der Waals surface area contributed by atoms with Crippen LogP contribution < -0.4 is 21.1 Å². The fraction of sp³-hybridized carbons (Fsp3) is 0.400. The van der Waals surface area contributed by atoms with Gasteiger partial charge in [-0.2, -0.15) is 16.5 Å². The number of amidine groups is 1. The Bertz CT molecular complexity index is 1190. The number of amides is 2. The summed E-state index contributed by atoms with van der Waals surface area (Å²) < 4.78 is 27.8. The quantitative estimate of drug-likeness (QED) is 0.151. The van der Waals surface area contributed by atoms with Crippen LogP contribution in [-0.4, -0.2) is 61.4 Å². The van der Waals surface area contributed by atoms with Crippen LogP contribution in [0.4, 0.5) is 0 Å². The van der Waals surface area contributed by atoms with Crippen molar-refractivity contribution in [2.45, 2.75) is 50.8 Å². The van der Waals surface area contributed by atoms with Crippen molar-refractivity contribution in [2.24, 2.45) is 5.73 Å². The molecule has 0 aliphatic carbocycles. The van der Waals surface area contributed by atoms with E-state index in [0.717, 1.165) is 11.1 Å². The Morgan fingerprint density at radius 1 is 1.11 bits per heavy atom. The number of hydrogen-bond acceptors (Lipinski definition) is 7. The first-order chi connectivity index (χ1) is 17.4. The average Bonchev–Trinajstić information content (AvgIpc) is 2.83. The summed E-state index contributed by atoms with van der Waals surface area (Å²) in [5.74, 6) is -1.08. The van der Waals surface area contributed by atoms with E-state index in [1.54, 1.807) is 42.5 Å². The van der Waals surface area contributed by atoms with Crippen LogP contribution in [0.3, 0.4) is 0 Å². The number of hydrogen-bond donors (Lipinski definition) is 6. The minimum Gasteiger partial charge on any atom is -0.391 e. The van der Waals surface area contributed by atoms with Crippen LogP contribution in [0.1, 0.15) is 35.6 Å². The maximum absolute atomic E-state index is 13.0. The second-order valence-corrected chi connectivity index (χ2v) is 11.5. The summed E-state index contributed by atoms with van der Waals surface area (Å²) in [5, 5.41) is 23.0. The summed E-state index contributed by atoms with van der Waals surface area (Å²) in [5.41, 5.74) is 8.24. The summed E-state index contributed by atoms with van der Waals surface area (Å²) in [6.45, 7) is 3.34. The van der Waals surface area contributed by atoms with E-state index in [-0.39, 0.29) is 18.1 Å². The molecule has 2 amide bonds. The molecular weight excluding hydrogens is 514 g/mol. The summed E-state index contributed by atoms with van der Waals surface area (Å²) >= 11 is 1.50. The molecule has 0 radical (unpaired) electrons. The molecule has 0 saturated heterocycles. The van der Waals surface area contributed by atoms with Crippen molar-refractivity contribution in [3.05, 3.63) is 70.8 Å². The highest BCUT2D eigenvalue weighted by Crippen LogP contribution is 2.10. The highest BCUT2D eigenvalue weighted by Gasteiger charge is 2.31. The van der Waals surface area contributed by atoms with E-state index >= 15 is 0 Å². The predicted octanol–water partition coefficient (Wildman–Crippen LogP) is 1.00. The monoisotopic (exact) mass is 549 g/mol. The first kappa shape index (κ1) is 30.3. The number of carbonyl (C=O) groups excluding carboxylic acids is 2. The lowest BCUT2D eigenvalue weighted by atomic mass is 10.1. The predicted molar refractivity (Wildman–Crippen MR) is 147 cm³/mol. The summed E-state index contributed by atoms with van der Waals surface area (Å²) in [7, 11) is -3.97. The number of aliphatic hydroxyl groups excluding tert-OH is 1. The Morgan fingerprint density at radius 3 is 2.35 bits per heavy atom. The topological polar surface area (TPSA) is 174 Å². The molecule has 7 N–H and O–H groups in total. The minimum atomic E-state index is -3.97. The summed E-state index contributed by atoms with van der Waals surface area (Å²) in [6.07, 6.45) is 0.840. The Labute approximate surface area is 222 Å². The fourth-order valence-electron chi connectivity index (χ4n) is 3.51. The Balaban J connectivity index is 2.07. The van der Waals surface area contributed by atoms with Crippen LogP contribution in [-0.2, 0) is 31.9 Å². The maximum Gasteiger partial charge on any atom is 0.242 e. The van der Waals surface area contributed by atoms with Crippen LogP contribution in [0.5, 0.6) is 0 Å². The SMILES string of the molecule is CSCC[C@H](NC(=O)[C@H](NS(=O)(=O)Cc1cccc(C)c1)C(C)O)C(=O)NCc1ccc(C(=N)N)cc1. The van der Waals surface area contributed by atoms with Gasteiger partial charge in [-0.25, -0.2) is 8.42 Å². The second kappa shape index (κ2) is 14.1. The van der Waals surface area contributed by atoms with Crippen molar-refractivity contribution in [3.8, 4) is 0 Å². The molecule has 0 bridgehead atoms. The number of rotatable bonds is 14. The van der Waals surface area contributed by atoms with Gasteiger partial charge in [-0.3, -0.25) is 15.0 Å². The number of thioether (sulfide) groups is 1. The average molecular weight is 550 g/mol. The van der Waals surface area contributed by atoms with Gasteiger partial charge in [0.15, 0.2) is 0 Å². The van der Waals surface area contributed by atoms with Crippen LogP contribution in [0.15, 0.2) is 48.5 Å². The van der Waals surface area contributed by atoms with E-state index in [1.807, 2.05) is 19.2 Å². The summed E-state index contributed by atoms with van der Waals surface area (Å²) in [4.78, 5) is 25.9. The zero-order valence-electron chi connectivity index (χ0n) is 21.2. The van der Waals surface area contributed by atoms with Gasteiger partial charge in [0.05, 0.1) is 11.9 Å². The van der Waals surface area contributed by atoms with E-state index in [9.17, 15) is 23.1 Å². The van der Waals surface area contributed by atoms with Gasteiger partial charge in [0, 0.05) is 12.1 Å². The van der Waals surface area contributed by atoms with Gasteiger partial charge in [0.2, 0.25) is 21.8 Å². The lowest BCUT2D eigenvalue weighted by molar-refractivity contribution is -0.131. The maximum atomic E-state index is 13.0. The number of carbonyl (C=O) groups is 2. The standard InChI is InChI=1S/C25H35N5O5S2/c1-16-5-4-6-19(13-16)15-37(34,35)30-22(17(2)31)25(33)29-21(11-12-36-3)24(32)28-14-18-7-9-20(10-8-18)23(26)27/h4-10,13,17,21-22,30-31H,11-12,14-15H2,1-3H3,(H3,26,27)(H,28,32)(H,29,33)/t17?,21-,22+/m0/s1. The molecule has 2 rings (SSSR count). The third kappa shape index (κ3) is 10.2. The Morgan fingerprint density at radius 2 is 1.78 bits per heavy atom. The van der Waals surface area contributed by atoms with Crippen molar-refractivity contribution in [1.82, 2.24) is 15.4 Å². The van der Waals surface area contributed by atoms with Crippen LogP contribution in [0.25, 0.3) is 0 Å². The van der Waals surface area contributed by atoms with Crippen LogP contribution in [0, 0.1) is 12.3 Å². The molecule has 3 atom stereocenters. The largest absolute Gasteiger partial charge is 0.391 e. The number of aryl methyl sites for hydroxylation is 1. The van der Waals surface area contributed by atoms with Crippen molar-refractivity contribution in [3.63, 3.8) is 0 Å². The lowest BCUT2D eigenvalue weighted by Crippen LogP contribution is -2.57. The second-order valence-electron chi connectivity index (χ2n) is 8.76. The molecule has 0 heterocycles. The number of benzene rings is 2. The van der Waals surface area contributed by atoms with E-state index in [0.29, 0.717) is 23.3 Å². The molecule has 12 heteroatoms. The zero-order chi connectivity index (χ0) is 27.6. The van der Waals surface area contributed by atoms with Crippen LogP contribution in [0.2, 0.25) is 0 Å².